The molecule has 2 aromatic heterocycles. The summed E-state index contributed by atoms with van der Waals surface area (Å²) >= 11 is 5.62. The van der Waals surface area contributed by atoms with Crippen molar-refractivity contribution in [3.8, 4) is 5.69 Å². The van der Waals surface area contributed by atoms with Crippen LogP contribution >= 0.6 is 11.6 Å². The number of hydrogen-bond acceptors (Lipinski definition) is 5. The summed E-state index contributed by atoms with van der Waals surface area (Å²) in [7, 11) is 0. The standard InChI is InChI=1S/C12H8ClN5O2/c13-11-6-5-10(20-11)12(19)15-8-1-3-9(4-2-8)18-7-14-16-17-18/h1-7H,(H,15,19). The van der Waals surface area contributed by atoms with Crippen molar-refractivity contribution in [3.63, 3.8) is 0 Å². The molecule has 1 aromatic carbocycles. The summed E-state index contributed by atoms with van der Waals surface area (Å²) in [5.41, 5.74) is 1.41. The smallest absolute Gasteiger partial charge is 0.291 e. The van der Waals surface area contributed by atoms with Crippen molar-refractivity contribution in [2.24, 2.45) is 0 Å². The largest absolute Gasteiger partial charge is 0.440 e. The summed E-state index contributed by atoms with van der Waals surface area (Å²) in [6.45, 7) is 0. The number of carbonyl (C=O) groups excluding carboxylic acids is 1. The number of nitrogens with zero attached hydrogens (tertiary/aromatic N) is 4. The van der Waals surface area contributed by atoms with Gasteiger partial charge in [-0.15, -0.1) is 5.10 Å². The van der Waals surface area contributed by atoms with E-state index >= 15 is 0 Å². The molecule has 3 rings (SSSR count). The molecule has 0 radical (unpaired) electrons. The molecule has 0 saturated heterocycles. The van der Waals surface area contributed by atoms with Gasteiger partial charge in [-0.05, 0) is 58.4 Å². The molecule has 100 valence electrons. The minimum Gasteiger partial charge on any atom is -0.440 e. The molecule has 0 unspecified atom stereocenters. The van der Waals surface area contributed by atoms with E-state index in [2.05, 4.69) is 20.8 Å². The fraction of sp³-hybridized carbons (Fsp3) is 0. The van der Waals surface area contributed by atoms with Crippen LogP contribution in [0, 0.1) is 0 Å². The Morgan fingerprint density at radius 3 is 2.60 bits per heavy atom. The Balaban J connectivity index is 1.74. The zero-order valence-electron chi connectivity index (χ0n) is 10.0. The quantitative estimate of drug-likeness (QED) is 0.798. The van der Waals surface area contributed by atoms with Crippen LogP contribution in [0.1, 0.15) is 10.6 Å². The molecule has 8 heteroatoms. The van der Waals surface area contributed by atoms with Gasteiger partial charge in [0.2, 0.25) is 0 Å². The van der Waals surface area contributed by atoms with Gasteiger partial charge in [0.1, 0.15) is 6.33 Å². The first-order chi connectivity index (χ1) is 9.72. The number of rotatable bonds is 3. The average Bonchev–Trinajstić information content (AvgIpc) is 3.10. The van der Waals surface area contributed by atoms with E-state index in [9.17, 15) is 4.79 Å². The van der Waals surface area contributed by atoms with Gasteiger partial charge >= 0.3 is 0 Å². The molecule has 2 heterocycles. The zero-order chi connectivity index (χ0) is 13.9. The van der Waals surface area contributed by atoms with Gasteiger partial charge in [0, 0.05) is 5.69 Å². The number of furan rings is 1. The Bertz CT molecular complexity index is 721. The molecule has 7 nitrogen and oxygen atoms in total. The second-order valence-electron chi connectivity index (χ2n) is 3.86. The highest BCUT2D eigenvalue weighted by Crippen LogP contribution is 2.16. The molecule has 0 atom stereocenters. The zero-order valence-corrected chi connectivity index (χ0v) is 10.8. The van der Waals surface area contributed by atoms with Crippen LogP contribution in [0.2, 0.25) is 5.22 Å². The van der Waals surface area contributed by atoms with Crippen LogP contribution in [0.5, 0.6) is 0 Å². The number of anilines is 1. The SMILES string of the molecule is O=C(Nc1ccc(-n2cnnn2)cc1)c1ccc(Cl)o1. The van der Waals surface area contributed by atoms with Gasteiger partial charge in [-0.25, -0.2) is 4.68 Å². The third kappa shape index (κ3) is 2.52. The molecular weight excluding hydrogens is 282 g/mol. The van der Waals surface area contributed by atoms with E-state index in [0.717, 1.165) is 5.69 Å². The predicted octanol–water partition coefficient (Wildman–Crippen LogP) is 2.16. The summed E-state index contributed by atoms with van der Waals surface area (Å²) in [4.78, 5) is 11.8. The predicted molar refractivity (Wildman–Crippen MR) is 70.8 cm³/mol. The first kappa shape index (κ1) is 12.4. The lowest BCUT2D eigenvalue weighted by molar-refractivity contribution is 0.0997. The Hall–Kier alpha value is -2.67. The average molecular weight is 290 g/mol. The minimum atomic E-state index is -0.368. The second kappa shape index (κ2) is 5.14. The molecule has 0 fully saturated rings. The van der Waals surface area contributed by atoms with Crippen molar-refractivity contribution in [1.29, 1.82) is 0 Å². The molecule has 20 heavy (non-hydrogen) atoms. The third-order valence-corrected chi connectivity index (χ3v) is 2.74. The van der Waals surface area contributed by atoms with Crippen LogP contribution in [0.4, 0.5) is 5.69 Å². The number of nitrogens with one attached hydrogen (secondary N) is 1. The van der Waals surface area contributed by atoms with Crippen LogP contribution in [0.15, 0.2) is 47.1 Å². The summed E-state index contributed by atoms with van der Waals surface area (Å²) in [6.07, 6.45) is 1.48. The van der Waals surface area contributed by atoms with Crippen LogP contribution < -0.4 is 5.32 Å². The lowest BCUT2D eigenvalue weighted by Gasteiger charge is -2.04. The number of aromatic nitrogens is 4. The van der Waals surface area contributed by atoms with E-state index in [0.29, 0.717) is 5.69 Å². The minimum absolute atomic E-state index is 0.152. The topological polar surface area (TPSA) is 85.8 Å². The van der Waals surface area contributed by atoms with Gasteiger partial charge < -0.3 is 9.73 Å². The monoisotopic (exact) mass is 289 g/mol. The molecule has 1 amide bonds. The molecule has 0 aliphatic rings. The van der Waals surface area contributed by atoms with Gasteiger partial charge in [-0.2, -0.15) is 0 Å². The van der Waals surface area contributed by atoms with Crippen LogP contribution in [0.25, 0.3) is 5.69 Å². The molecule has 0 aliphatic heterocycles. The van der Waals surface area contributed by atoms with E-state index in [-0.39, 0.29) is 16.9 Å². The van der Waals surface area contributed by atoms with Gasteiger partial charge in [0.25, 0.3) is 5.91 Å². The summed E-state index contributed by atoms with van der Waals surface area (Å²) < 4.78 is 6.53. The van der Waals surface area contributed by atoms with Crippen molar-refractivity contribution in [1.82, 2.24) is 20.2 Å². The van der Waals surface area contributed by atoms with E-state index in [1.165, 1.54) is 23.1 Å². The molecule has 0 spiro atoms. The molecule has 0 aliphatic carbocycles. The number of hydrogen-bond donors (Lipinski definition) is 1. The first-order valence-electron chi connectivity index (χ1n) is 5.62. The lowest BCUT2D eigenvalue weighted by Crippen LogP contribution is -2.10. The molecule has 3 aromatic rings. The van der Waals surface area contributed by atoms with Crippen LogP contribution in [0.3, 0.4) is 0 Å². The van der Waals surface area contributed by atoms with Crippen molar-refractivity contribution >= 4 is 23.2 Å². The van der Waals surface area contributed by atoms with Crippen molar-refractivity contribution in [2.45, 2.75) is 0 Å². The molecule has 1 N–H and O–H groups in total. The van der Waals surface area contributed by atoms with E-state index in [1.54, 1.807) is 24.3 Å². The maximum atomic E-state index is 11.8. The number of benzene rings is 1. The molecular formula is C12H8ClN5O2. The van der Waals surface area contributed by atoms with Gasteiger partial charge in [0.05, 0.1) is 5.69 Å². The normalized spacial score (nSPS) is 10.4. The fourth-order valence-corrected chi connectivity index (χ4v) is 1.75. The second-order valence-corrected chi connectivity index (χ2v) is 4.23. The molecule has 0 bridgehead atoms. The Kier molecular flexibility index (Phi) is 3.18. The number of tetrazole rings is 1. The Labute approximate surface area is 118 Å². The Morgan fingerprint density at radius 2 is 2.00 bits per heavy atom. The van der Waals surface area contributed by atoms with E-state index in [4.69, 9.17) is 16.0 Å². The number of amides is 1. The van der Waals surface area contributed by atoms with E-state index in [1.807, 2.05) is 0 Å². The third-order valence-electron chi connectivity index (χ3n) is 2.54. The first-order valence-corrected chi connectivity index (χ1v) is 6.00. The highest BCUT2D eigenvalue weighted by atomic mass is 35.5. The summed E-state index contributed by atoms with van der Waals surface area (Å²) in [5.74, 6) is -0.216. The van der Waals surface area contributed by atoms with Gasteiger partial charge in [0.15, 0.2) is 11.0 Å². The number of halogens is 1. The van der Waals surface area contributed by atoms with Gasteiger partial charge in [-0.1, -0.05) is 0 Å². The maximum absolute atomic E-state index is 11.8. The number of carbonyl (C=O) groups is 1. The Morgan fingerprint density at radius 1 is 1.20 bits per heavy atom. The highest BCUT2D eigenvalue weighted by Gasteiger charge is 2.10. The summed E-state index contributed by atoms with van der Waals surface area (Å²) in [6, 6.07) is 10.0. The van der Waals surface area contributed by atoms with Crippen LogP contribution in [-0.4, -0.2) is 26.1 Å². The fourth-order valence-electron chi connectivity index (χ4n) is 1.61. The highest BCUT2D eigenvalue weighted by molar-refractivity contribution is 6.29. The van der Waals surface area contributed by atoms with Gasteiger partial charge in [-0.3, -0.25) is 4.79 Å². The summed E-state index contributed by atoms with van der Waals surface area (Å²) in [5, 5.41) is 13.7. The van der Waals surface area contributed by atoms with Crippen molar-refractivity contribution in [2.75, 3.05) is 5.32 Å². The molecule has 0 saturated carbocycles. The van der Waals surface area contributed by atoms with Crippen molar-refractivity contribution in [3.05, 3.63) is 53.7 Å². The van der Waals surface area contributed by atoms with E-state index < -0.39 is 0 Å². The maximum Gasteiger partial charge on any atom is 0.291 e. The lowest BCUT2D eigenvalue weighted by atomic mass is 10.2. The van der Waals surface area contributed by atoms with Crippen LogP contribution in [-0.2, 0) is 0 Å². The van der Waals surface area contributed by atoms with Crippen molar-refractivity contribution < 1.29 is 9.21 Å².